The van der Waals surface area contributed by atoms with Crippen LogP contribution in [0.2, 0.25) is 0 Å². The molecule has 2 atom stereocenters. The second-order valence-electron chi connectivity index (χ2n) is 5.41. The Hall–Kier alpha value is -1.67. The topological polar surface area (TPSA) is 9.23 Å². The van der Waals surface area contributed by atoms with Crippen molar-refractivity contribution >= 4 is 0 Å². The molecule has 0 spiro atoms. The van der Waals surface area contributed by atoms with Crippen LogP contribution in [0.1, 0.15) is 40.7 Å². The van der Waals surface area contributed by atoms with Gasteiger partial charge >= 0.3 is 0 Å². The molecule has 96 valence electrons. The van der Waals surface area contributed by atoms with E-state index in [4.69, 9.17) is 4.74 Å². The molecule has 0 aromatic heterocycles. The summed E-state index contributed by atoms with van der Waals surface area (Å²) in [6.07, 6.45) is 1.93. The third-order valence-corrected chi connectivity index (χ3v) is 4.34. The number of rotatable bonds is 0. The van der Waals surface area contributed by atoms with Crippen molar-refractivity contribution in [2.75, 3.05) is 6.61 Å². The molecule has 0 saturated carbocycles. The quantitative estimate of drug-likeness (QED) is 0.691. The van der Waals surface area contributed by atoms with Crippen LogP contribution in [0.5, 0.6) is 0 Å². The second kappa shape index (κ2) is 4.17. The molecule has 1 heterocycles. The van der Waals surface area contributed by atoms with Crippen LogP contribution in [0.15, 0.2) is 42.5 Å². The minimum absolute atomic E-state index is 0.0225. The highest BCUT2D eigenvalue weighted by Crippen LogP contribution is 2.46. The molecule has 19 heavy (non-hydrogen) atoms. The van der Waals surface area contributed by atoms with E-state index in [-0.39, 0.29) is 11.9 Å². The molecule has 1 aliphatic carbocycles. The molecule has 2 heteroatoms. The maximum Gasteiger partial charge on any atom is 0.123 e. The molecular formula is C17H15FO. The van der Waals surface area contributed by atoms with E-state index in [9.17, 15) is 4.39 Å². The van der Waals surface area contributed by atoms with Gasteiger partial charge in [0.25, 0.3) is 0 Å². The van der Waals surface area contributed by atoms with E-state index < -0.39 is 0 Å². The van der Waals surface area contributed by atoms with Crippen LogP contribution < -0.4 is 0 Å². The Morgan fingerprint density at radius 3 is 2.79 bits per heavy atom. The van der Waals surface area contributed by atoms with Gasteiger partial charge in [0, 0.05) is 12.5 Å². The zero-order valence-electron chi connectivity index (χ0n) is 10.6. The predicted octanol–water partition coefficient (Wildman–Crippen LogP) is 3.98. The summed E-state index contributed by atoms with van der Waals surface area (Å²) in [7, 11) is 0. The van der Waals surface area contributed by atoms with Crippen molar-refractivity contribution in [2.45, 2.75) is 24.9 Å². The Bertz CT molecular complexity index is 635. The molecule has 0 radical (unpaired) electrons. The molecule has 0 unspecified atom stereocenters. The van der Waals surface area contributed by atoms with Crippen LogP contribution in [0.3, 0.4) is 0 Å². The number of ether oxygens (including phenoxy) is 1. The first-order chi connectivity index (χ1) is 9.33. The van der Waals surface area contributed by atoms with Gasteiger partial charge in [0.2, 0.25) is 0 Å². The zero-order valence-corrected chi connectivity index (χ0v) is 10.6. The number of fused-ring (bicyclic) bond motifs is 5. The van der Waals surface area contributed by atoms with E-state index in [2.05, 4.69) is 24.3 Å². The SMILES string of the molecule is Fc1ccc2c(c1)[C@@H]1OCC[C@@H]1c1ccccc1C2. The number of hydrogen-bond donors (Lipinski definition) is 0. The average molecular weight is 254 g/mol. The molecule has 0 amide bonds. The Morgan fingerprint density at radius 2 is 1.84 bits per heavy atom. The maximum absolute atomic E-state index is 13.6. The lowest BCUT2D eigenvalue weighted by atomic mass is 9.88. The van der Waals surface area contributed by atoms with Crippen LogP contribution in [-0.2, 0) is 11.2 Å². The normalized spacial score (nSPS) is 24.3. The smallest absolute Gasteiger partial charge is 0.123 e. The molecule has 1 saturated heterocycles. The minimum atomic E-state index is -0.168. The van der Waals surface area contributed by atoms with Gasteiger partial charge in [0.1, 0.15) is 5.82 Å². The summed E-state index contributed by atoms with van der Waals surface area (Å²) in [4.78, 5) is 0. The number of benzene rings is 2. The Kier molecular flexibility index (Phi) is 2.46. The Balaban J connectivity index is 1.94. The first kappa shape index (κ1) is 11.2. The van der Waals surface area contributed by atoms with Crippen LogP contribution in [0.25, 0.3) is 0 Å². The fourth-order valence-corrected chi connectivity index (χ4v) is 3.47. The van der Waals surface area contributed by atoms with E-state index in [1.807, 2.05) is 6.07 Å². The lowest BCUT2D eigenvalue weighted by Gasteiger charge is -2.19. The van der Waals surface area contributed by atoms with Crippen LogP contribution in [0.4, 0.5) is 4.39 Å². The molecule has 1 aliphatic heterocycles. The Labute approximate surface area is 112 Å². The molecule has 4 rings (SSSR count). The molecular weight excluding hydrogens is 239 g/mol. The molecule has 2 aromatic carbocycles. The van der Waals surface area contributed by atoms with Gasteiger partial charge in [0.05, 0.1) is 6.10 Å². The van der Waals surface area contributed by atoms with E-state index in [1.165, 1.54) is 16.7 Å². The minimum Gasteiger partial charge on any atom is -0.373 e. The summed E-state index contributed by atoms with van der Waals surface area (Å²) in [5.74, 6) is 0.207. The molecule has 2 aromatic rings. The summed E-state index contributed by atoms with van der Waals surface area (Å²) in [5, 5.41) is 0. The third-order valence-electron chi connectivity index (χ3n) is 4.34. The summed E-state index contributed by atoms with van der Waals surface area (Å²) >= 11 is 0. The van der Waals surface area contributed by atoms with Gasteiger partial charge in [-0.15, -0.1) is 0 Å². The second-order valence-corrected chi connectivity index (χ2v) is 5.41. The highest BCUT2D eigenvalue weighted by molar-refractivity contribution is 5.45. The van der Waals surface area contributed by atoms with Crippen molar-refractivity contribution < 1.29 is 9.13 Å². The zero-order chi connectivity index (χ0) is 12.8. The first-order valence-corrected chi connectivity index (χ1v) is 6.80. The van der Waals surface area contributed by atoms with E-state index in [0.29, 0.717) is 5.92 Å². The van der Waals surface area contributed by atoms with Crippen molar-refractivity contribution in [2.24, 2.45) is 0 Å². The predicted molar refractivity (Wildman–Crippen MR) is 71.7 cm³/mol. The van der Waals surface area contributed by atoms with Crippen molar-refractivity contribution in [1.29, 1.82) is 0 Å². The highest BCUT2D eigenvalue weighted by Gasteiger charge is 2.35. The monoisotopic (exact) mass is 254 g/mol. The van der Waals surface area contributed by atoms with Crippen molar-refractivity contribution in [3.63, 3.8) is 0 Å². The van der Waals surface area contributed by atoms with Crippen LogP contribution in [0, 0.1) is 5.82 Å². The van der Waals surface area contributed by atoms with Crippen LogP contribution in [-0.4, -0.2) is 6.61 Å². The summed E-state index contributed by atoms with van der Waals surface area (Å²) in [6, 6.07) is 13.7. The fourth-order valence-electron chi connectivity index (χ4n) is 3.47. The van der Waals surface area contributed by atoms with Gasteiger partial charge in [-0.1, -0.05) is 30.3 Å². The standard InChI is InChI=1S/C17H15FO/c18-13-6-5-12-9-11-3-1-2-4-14(11)15-7-8-19-17(15)16(12)10-13/h1-6,10,15,17H,7-9H2/t15-,17-/m1/s1. The molecule has 2 aliphatic rings. The average Bonchev–Trinajstić information content (AvgIpc) is 2.86. The summed E-state index contributed by atoms with van der Waals surface area (Å²) in [6.45, 7) is 0.764. The lowest BCUT2D eigenvalue weighted by Crippen LogP contribution is -2.06. The van der Waals surface area contributed by atoms with E-state index in [0.717, 1.165) is 25.0 Å². The largest absolute Gasteiger partial charge is 0.373 e. The van der Waals surface area contributed by atoms with Crippen molar-refractivity contribution in [1.82, 2.24) is 0 Å². The van der Waals surface area contributed by atoms with Gasteiger partial charge in [-0.05, 0) is 47.2 Å². The fraction of sp³-hybridized carbons (Fsp3) is 0.294. The summed E-state index contributed by atoms with van der Waals surface area (Å²) in [5.41, 5.74) is 4.97. The molecule has 1 fully saturated rings. The number of halogens is 1. The Morgan fingerprint density at radius 1 is 1.00 bits per heavy atom. The number of hydrogen-bond acceptors (Lipinski definition) is 1. The molecule has 1 nitrogen and oxygen atoms in total. The van der Waals surface area contributed by atoms with Gasteiger partial charge in [-0.2, -0.15) is 0 Å². The van der Waals surface area contributed by atoms with Gasteiger partial charge in [0.15, 0.2) is 0 Å². The van der Waals surface area contributed by atoms with Gasteiger partial charge in [-0.25, -0.2) is 4.39 Å². The lowest BCUT2D eigenvalue weighted by molar-refractivity contribution is 0.104. The first-order valence-electron chi connectivity index (χ1n) is 6.80. The van der Waals surface area contributed by atoms with E-state index >= 15 is 0 Å². The van der Waals surface area contributed by atoms with Crippen LogP contribution >= 0.6 is 0 Å². The summed E-state index contributed by atoms with van der Waals surface area (Å²) < 4.78 is 19.5. The molecule has 0 N–H and O–H groups in total. The molecule has 0 bridgehead atoms. The van der Waals surface area contributed by atoms with Crippen molar-refractivity contribution in [3.8, 4) is 0 Å². The third kappa shape index (κ3) is 1.71. The highest BCUT2D eigenvalue weighted by atomic mass is 19.1. The van der Waals surface area contributed by atoms with Gasteiger partial charge < -0.3 is 4.74 Å². The van der Waals surface area contributed by atoms with Crippen molar-refractivity contribution in [3.05, 3.63) is 70.5 Å². The maximum atomic E-state index is 13.6. The van der Waals surface area contributed by atoms with E-state index in [1.54, 1.807) is 12.1 Å². The van der Waals surface area contributed by atoms with Gasteiger partial charge in [-0.3, -0.25) is 0 Å².